The Morgan fingerprint density at radius 3 is 2.63 bits per heavy atom. The summed E-state index contributed by atoms with van der Waals surface area (Å²) in [6.07, 6.45) is 2.25. The monoisotopic (exact) mass is 409 g/mol. The normalized spacial score (nSPS) is 15.4. The lowest BCUT2D eigenvalue weighted by molar-refractivity contribution is 0.102. The van der Waals surface area contributed by atoms with Gasteiger partial charge in [-0.15, -0.1) is 24.8 Å². The fourth-order valence-electron chi connectivity index (χ4n) is 3.28. The zero-order valence-corrected chi connectivity index (χ0v) is 17.8. The third-order valence-electron chi connectivity index (χ3n) is 4.86. The molecule has 0 aliphatic carbocycles. The Morgan fingerprint density at radius 1 is 1.19 bits per heavy atom. The molecule has 1 fully saturated rings. The van der Waals surface area contributed by atoms with Crippen molar-refractivity contribution in [2.24, 2.45) is 5.92 Å². The predicted molar refractivity (Wildman–Crippen MR) is 119 cm³/mol. The van der Waals surface area contributed by atoms with E-state index < -0.39 is 0 Å². The van der Waals surface area contributed by atoms with Gasteiger partial charge in [0.15, 0.2) is 0 Å². The lowest BCUT2D eigenvalue weighted by atomic mass is 9.97. The molecule has 0 spiro atoms. The summed E-state index contributed by atoms with van der Waals surface area (Å²) in [6, 6.07) is 14.1. The first-order valence-electron chi connectivity index (χ1n) is 8.92. The second-order valence-corrected chi connectivity index (χ2v) is 7.11. The standard InChI is InChI=1S/C21H27N3O.2ClH/c1-15-7-8-19(24(2)3)13-20(15)23-21(25)18-6-4-5-16(12-18)11-17-9-10-22-14-17;;/h4-8,12-13,17,22H,9-11,14H2,1-3H3,(H,23,25);2*1H. The molecule has 2 N–H and O–H groups in total. The van der Waals surface area contributed by atoms with Crippen LogP contribution in [0.2, 0.25) is 0 Å². The molecule has 3 rings (SSSR count). The molecule has 0 aromatic heterocycles. The highest BCUT2D eigenvalue weighted by atomic mass is 35.5. The lowest BCUT2D eigenvalue weighted by Gasteiger charge is -2.16. The number of hydrogen-bond donors (Lipinski definition) is 2. The van der Waals surface area contributed by atoms with Crippen molar-refractivity contribution in [1.29, 1.82) is 0 Å². The van der Waals surface area contributed by atoms with Crippen LogP contribution in [0.4, 0.5) is 11.4 Å². The Hall–Kier alpha value is -1.75. The first kappa shape index (κ1) is 23.3. The number of hydrogen-bond acceptors (Lipinski definition) is 3. The molecular formula is C21H29Cl2N3O. The molecule has 1 aliphatic rings. The summed E-state index contributed by atoms with van der Waals surface area (Å²) in [5.41, 5.74) is 4.95. The van der Waals surface area contributed by atoms with Gasteiger partial charge in [-0.1, -0.05) is 18.2 Å². The minimum Gasteiger partial charge on any atom is -0.378 e. The third-order valence-corrected chi connectivity index (χ3v) is 4.86. The van der Waals surface area contributed by atoms with Crippen molar-refractivity contribution in [3.05, 3.63) is 59.2 Å². The van der Waals surface area contributed by atoms with E-state index in [1.807, 2.05) is 56.3 Å². The first-order valence-corrected chi connectivity index (χ1v) is 8.92. The SMILES string of the molecule is Cc1ccc(N(C)C)cc1NC(=O)c1cccc(CC2CCNC2)c1.Cl.Cl. The molecule has 1 heterocycles. The van der Waals surface area contributed by atoms with E-state index in [1.165, 1.54) is 12.0 Å². The Kier molecular flexibility index (Phi) is 9.10. The van der Waals surface area contributed by atoms with E-state index in [-0.39, 0.29) is 30.7 Å². The number of rotatable bonds is 5. The number of nitrogens with one attached hydrogen (secondary N) is 2. The second kappa shape index (κ2) is 10.5. The quantitative estimate of drug-likeness (QED) is 0.772. The van der Waals surface area contributed by atoms with Crippen molar-refractivity contribution in [1.82, 2.24) is 5.32 Å². The fraction of sp³-hybridized carbons (Fsp3) is 0.381. The second-order valence-electron chi connectivity index (χ2n) is 7.11. The molecule has 0 radical (unpaired) electrons. The molecule has 1 atom stereocenters. The lowest BCUT2D eigenvalue weighted by Crippen LogP contribution is -2.15. The molecule has 0 bridgehead atoms. The Balaban J connectivity index is 0.00000182. The zero-order chi connectivity index (χ0) is 17.8. The number of anilines is 2. The van der Waals surface area contributed by atoms with Crippen molar-refractivity contribution in [3.63, 3.8) is 0 Å². The summed E-state index contributed by atoms with van der Waals surface area (Å²) in [5, 5.41) is 6.46. The van der Waals surface area contributed by atoms with Gasteiger partial charge in [-0.25, -0.2) is 0 Å². The number of nitrogens with zero attached hydrogens (tertiary/aromatic N) is 1. The van der Waals surface area contributed by atoms with Crippen molar-refractivity contribution in [2.45, 2.75) is 19.8 Å². The molecule has 1 amide bonds. The van der Waals surface area contributed by atoms with Crippen LogP contribution in [0, 0.1) is 12.8 Å². The maximum Gasteiger partial charge on any atom is 0.255 e. The van der Waals surface area contributed by atoms with Crippen LogP contribution in [-0.2, 0) is 6.42 Å². The van der Waals surface area contributed by atoms with Gasteiger partial charge >= 0.3 is 0 Å². The van der Waals surface area contributed by atoms with Crippen molar-refractivity contribution < 1.29 is 4.79 Å². The van der Waals surface area contributed by atoms with Gasteiger partial charge in [0.25, 0.3) is 5.91 Å². The average Bonchev–Trinajstić information content (AvgIpc) is 3.09. The molecule has 1 aliphatic heterocycles. The van der Waals surface area contributed by atoms with E-state index in [4.69, 9.17) is 0 Å². The zero-order valence-electron chi connectivity index (χ0n) is 16.1. The maximum atomic E-state index is 12.7. The Morgan fingerprint density at radius 2 is 1.96 bits per heavy atom. The van der Waals surface area contributed by atoms with E-state index in [9.17, 15) is 4.79 Å². The predicted octanol–water partition coefficient (Wildman–Crippen LogP) is 4.31. The molecule has 148 valence electrons. The van der Waals surface area contributed by atoms with E-state index in [0.29, 0.717) is 5.92 Å². The van der Waals surface area contributed by atoms with Gasteiger partial charge in [-0.3, -0.25) is 4.79 Å². The van der Waals surface area contributed by atoms with Gasteiger partial charge in [0.2, 0.25) is 0 Å². The van der Waals surface area contributed by atoms with Gasteiger partial charge in [0.1, 0.15) is 0 Å². The van der Waals surface area contributed by atoms with Crippen LogP contribution < -0.4 is 15.5 Å². The number of halogens is 2. The molecule has 27 heavy (non-hydrogen) atoms. The number of benzene rings is 2. The highest BCUT2D eigenvalue weighted by molar-refractivity contribution is 6.05. The summed E-state index contributed by atoms with van der Waals surface area (Å²) in [7, 11) is 4.00. The maximum absolute atomic E-state index is 12.7. The number of amides is 1. The van der Waals surface area contributed by atoms with Crippen LogP contribution in [0.15, 0.2) is 42.5 Å². The number of aryl methyl sites for hydroxylation is 1. The molecule has 0 saturated carbocycles. The highest BCUT2D eigenvalue weighted by Crippen LogP contribution is 2.23. The topological polar surface area (TPSA) is 44.4 Å². The van der Waals surface area contributed by atoms with Crippen molar-refractivity contribution in [3.8, 4) is 0 Å². The van der Waals surface area contributed by atoms with Gasteiger partial charge < -0.3 is 15.5 Å². The molecule has 2 aromatic rings. The average molecular weight is 410 g/mol. The fourth-order valence-corrected chi connectivity index (χ4v) is 3.28. The number of carbonyl (C=O) groups excluding carboxylic acids is 1. The van der Waals surface area contributed by atoms with Crippen LogP contribution in [0.3, 0.4) is 0 Å². The number of carbonyl (C=O) groups is 1. The van der Waals surface area contributed by atoms with Gasteiger partial charge in [-0.05, 0) is 74.2 Å². The Bertz CT molecular complexity index is 759. The van der Waals surface area contributed by atoms with Gasteiger partial charge in [0.05, 0.1) is 0 Å². The minimum absolute atomic E-state index is 0. The molecule has 6 heteroatoms. The van der Waals surface area contributed by atoms with Crippen LogP contribution in [0.5, 0.6) is 0 Å². The van der Waals surface area contributed by atoms with Crippen LogP contribution in [0.25, 0.3) is 0 Å². The summed E-state index contributed by atoms with van der Waals surface area (Å²) >= 11 is 0. The van der Waals surface area contributed by atoms with Crippen LogP contribution in [-0.4, -0.2) is 33.1 Å². The molecule has 1 saturated heterocycles. The van der Waals surface area contributed by atoms with Gasteiger partial charge in [0, 0.05) is 31.0 Å². The van der Waals surface area contributed by atoms with Crippen LogP contribution >= 0.6 is 24.8 Å². The largest absolute Gasteiger partial charge is 0.378 e. The van der Waals surface area contributed by atoms with Gasteiger partial charge in [-0.2, -0.15) is 0 Å². The minimum atomic E-state index is -0.0506. The highest BCUT2D eigenvalue weighted by Gasteiger charge is 2.16. The first-order chi connectivity index (χ1) is 12.0. The molecule has 2 aromatic carbocycles. The molecular weight excluding hydrogens is 381 g/mol. The summed E-state index contributed by atoms with van der Waals surface area (Å²) in [5.74, 6) is 0.628. The summed E-state index contributed by atoms with van der Waals surface area (Å²) in [4.78, 5) is 14.7. The van der Waals surface area contributed by atoms with E-state index in [0.717, 1.165) is 42.0 Å². The van der Waals surface area contributed by atoms with Crippen molar-refractivity contribution >= 4 is 42.1 Å². The molecule has 4 nitrogen and oxygen atoms in total. The van der Waals surface area contributed by atoms with E-state index in [2.05, 4.69) is 22.8 Å². The third kappa shape index (κ3) is 6.13. The van der Waals surface area contributed by atoms with E-state index >= 15 is 0 Å². The molecule has 1 unspecified atom stereocenters. The van der Waals surface area contributed by atoms with Crippen molar-refractivity contribution in [2.75, 3.05) is 37.4 Å². The summed E-state index contributed by atoms with van der Waals surface area (Å²) in [6.45, 7) is 4.19. The van der Waals surface area contributed by atoms with Crippen LogP contribution in [0.1, 0.15) is 27.9 Å². The summed E-state index contributed by atoms with van der Waals surface area (Å²) < 4.78 is 0. The Labute approximate surface area is 174 Å². The smallest absolute Gasteiger partial charge is 0.255 e. The van der Waals surface area contributed by atoms with E-state index in [1.54, 1.807) is 0 Å².